The van der Waals surface area contributed by atoms with E-state index in [-0.39, 0.29) is 24.4 Å². The molecule has 1 heterocycles. The Morgan fingerprint density at radius 1 is 1.16 bits per heavy atom. The first-order chi connectivity index (χ1) is 11.8. The Labute approximate surface area is 155 Å². The first kappa shape index (κ1) is 19.3. The molecule has 0 fully saturated rings. The molecule has 0 saturated heterocycles. The highest BCUT2D eigenvalue weighted by Crippen LogP contribution is 2.30. The summed E-state index contributed by atoms with van der Waals surface area (Å²) in [5.74, 6) is 1.02. The van der Waals surface area contributed by atoms with Crippen molar-refractivity contribution in [3.8, 4) is 5.75 Å². The maximum atomic E-state index is 12.3. The summed E-state index contributed by atoms with van der Waals surface area (Å²) in [5, 5.41) is 6.19. The van der Waals surface area contributed by atoms with Gasteiger partial charge in [-0.2, -0.15) is 0 Å². The van der Waals surface area contributed by atoms with E-state index in [0.29, 0.717) is 13.0 Å². The van der Waals surface area contributed by atoms with E-state index >= 15 is 0 Å². The number of nitrogens with one attached hydrogen (secondary N) is 2. The normalized spacial score (nSPS) is 13.8. The molecule has 1 unspecified atom stereocenters. The summed E-state index contributed by atoms with van der Waals surface area (Å²) in [7, 11) is 1.85. The van der Waals surface area contributed by atoms with Crippen LogP contribution in [0.25, 0.3) is 0 Å². The van der Waals surface area contributed by atoms with E-state index in [0.717, 1.165) is 36.3 Å². The summed E-state index contributed by atoms with van der Waals surface area (Å²) in [6.45, 7) is 1.46. The summed E-state index contributed by atoms with van der Waals surface area (Å²) in [6.07, 6.45) is 2.53. The molecule has 5 heteroatoms. The predicted molar refractivity (Wildman–Crippen MR) is 102 cm³/mol. The third-order valence-electron chi connectivity index (χ3n) is 4.31. The second-order valence-corrected chi connectivity index (χ2v) is 6.08. The average Bonchev–Trinajstić information content (AvgIpc) is 2.64. The largest absolute Gasteiger partial charge is 0.493 e. The topological polar surface area (TPSA) is 50.4 Å². The monoisotopic (exact) mass is 360 g/mol. The molecule has 0 radical (unpaired) electrons. The molecule has 0 aliphatic carbocycles. The second kappa shape index (κ2) is 9.44. The highest BCUT2D eigenvalue weighted by molar-refractivity contribution is 5.85. The van der Waals surface area contributed by atoms with Crippen molar-refractivity contribution >= 4 is 18.3 Å². The lowest BCUT2D eigenvalue weighted by Gasteiger charge is -2.23. The smallest absolute Gasteiger partial charge is 0.222 e. The summed E-state index contributed by atoms with van der Waals surface area (Å²) >= 11 is 0. The summed E-state index contributed by atoms with van der Waals surface area (Å²) in [5.41, 5.74) is 3.42. The Balaban J connectivity index is 0.00000225. The second-order valence-electron chi connectivity index (χ2n) is 6.08. The molecular weight excluding hydrogens is 336 g/mol. The van der Waals surface area contributed by atoms with Gasteiger partial charge in [-0.25, -0.2) is 0 Å². The fourth-order valence-electron chi connectivity index (χ4n) is 3.04. The van der Waals surface area contributed by atoms with Crippen molar-refractivity contribution in [2.75, 3.05) is 20.2 Å². The lowest BCUT2D eigenvalue weighted by Crippen LogP contribution is -2.31. The van der Waals surface area contributed by atoms with E-state index in [1.54, 1.807) is 0 Å². The minimum atomic E-state index is -0.136. The molecule has 0 bridgehead atoms. The van der Waals surface area contributed by atoms with Crippen LogP contribution in [-0.4, -0.2) is 26.1 Å². The number of halogens is 1. The molecule has 1 aliphatic heterocycles. The van der Waals surface area contributed by atoms with Gasteiger partial charge in [-0.3, -0.25) is 4.79 Å². The highest BCUT2D eigenvalue weighted by atomic mass is 35.5. The van der Waals surface area contributed by atoms with Crippen LogP contribution in [0.1, 0.15) is 35.6 Å². The number of hydrogen-bond donors (Lipinski definition) is 2. The number of rotatable bonds is 6. The van der Waals surface area contributed by atoms with Crippen LogP contribution in [0.15, 0.2) is 48.5 Å². The van der Waals surface area contributed by atoms with Gasteiger partial charge in [0, 0.05) is 13.0 Å². The standard InChI is InChI=1S/C20H24N2O2.ClH/c1-21-12-11-19(23)22-20(15-6-3-2-4-7-15)17-9-10-18-16(14-17)8-5-13-24-18;/h2-4,6-7,9-10,14,20-21H,5,8,11-13H2,1H3,(H,22,23);1H. The molecule has 1 atom stereocenters. The molecule has 0 aromatic heterocycles. The molecular formula is C20H25ClN2O2. The van der Waals surface area contributed by atoms with Crippen molar-refractivity contribution in [2.45, 2.75) is 25.3 Å². The number of amides is 1. The van der Waals surface area contributed by atoms with E-state index in [2.05, 4.69) is 34.9 Å². The zero-order valence-electron chi connectivity index (χ0n) is 14.5. The van der Waals surface area contributed by atoms with E-state index in [1.807, 2.05) is 31.3 Å². The number of carbonyl (C=O) groups excluding carboxylic acids is 1. The van der Waals surface area contributed by atoms with Crippen LogP contribution in [0.3, 0.4) is 0 Å². The maximum Gasteiger partial charge on any atom is 0.222 e. The van der Waals surface area contributed by atoms with Gasteiger partial charge < -0.3 is 15.4 Å². The number of benzene rings is 2. The fraction of sp³-hybridized carbons (Fsp3) is 0.350. The van der Waals surface area contributed by atoms with Crippen molar-refractivity contribution < 1.29 is 9.53 Å². The highest BCUT2D eigenvalue weighted by Gasteiger charge is 2.19. The summed E-state index contributed by atoms with van der Waals surface area (Å²) < 4.78 is 5.70. The number of carbonyl (C=O) groups is 1. The van der Waals surface area contributed by atoms with E-state index in [1.165, 1.54) is 5.56 Å². The van der Waals surface area contributed by atoms with Gasteiger partial charge in [-0.1, -0.05) is 36.4 Å². The van der Waals surface area contributed by atoms with Crippen molar-refractivity contribution in [3.05, 3.63) is 65.2 Å². The molecule has 1 amide bonds. The van der Waals surface area contributed by atoms with Gasteiger partial charge in [0.25, 0.3) is 0 Å². The average molecular weight is 361 g/mol. The van der Waals surface area contributed by atoms with Crippen molar-refractivity contribution in [3.63, 3.8) is 0 Å². The zero-order chi connectivity index (χ0) is 16.8. The number of fused-ring (bicyclic) bond motifs is 1. The van der Waals surface area contributed by atoms with Gasteiger partial charge in [0.1, 0.15) is 5.75 Å². The van der Waals surface area contributed by atoms with Gasteiger partial charge in [-0.15, -0.1) is 12.4 Å². The lowest BCUT2D eigenvalue weighted by molar-refractivity contribution is -0.121. The van der Waals surface area contributed by atoms with Crippen LogP contribution in [-0.2, 0) is 11.2 Å². The van der Waals surface area contributed by atoms with Crippen LogP contribution in [0.4, 0.5) is 0 Å². The first-order valence-corrected chi connectivity index (χ1v) is 8.52. The Bertz CT molecular complexity index is 691. The predicted octanol–water partition coefficient (Wildman–Crippen LogP) is 3.25. The molecule has 2 aromatic rings. The number of hydrogen-bond acceptors (Lipinski definition) is 3. The van der Waals surface area contributed by atoms with Crippen LogP contribution >= 0.6 is 12.4 Å². The minimum Gasteiger partial charge on any atom is -0.493 e. The number of aryl methyl sites for hydroxylation is 1. The summed E-state index contributed by atoms with van der Waals surface area (Å²) in [4.78, 5) is 12.3. The van der Waals surface area contributed by atoms with E-state index < -0.39 is 0 Å². The Kier molecular flexibility index (Phi) is 7.29. The summed E-state index contributed by atoms with van der Waals surface area (Å²) in [6, 6.07) is 16.2. The van der Waals surface area contributed by atoms with Gasteiger partial charge in [-0.05, 0) is 48.7 Å². The van der Waals surface area contributed by atoms with Crippen LogP contribution < -0.4 is 15.4 Å². The van der Waals surface area contributed by atoms with E-state index in [4.69, 9.17) is 4.74 Å². The molecule has 134 valence electrons. The van der Waals surface area contributed by atoms with E-state index in [9.17, 15) is 4.79 Å². The molecule has 1 aliphatic rings. The molecule has 25 heavy (non-hydrogen) atoms. The SMILES string of the molecule is CNCCC(=O)NC(c1ccccc1)c1ccc2c(c1)CCCO2.Cl. The lowest BCUT2D eigenvalue weighted by atomic mass is 9.94. The van der Waals surface area contributed by atoms with Gasteiger partial charge in [0.2, 0.25) is 5.91 Å². The van der Waals surface area contributed by atoms with Crippen LogP contribution in [0, 0.1) is 0 Å². The molecule has 0 saturated carbocycles. The quantitative estimate of drug-likeness (QED) is 0.831. The van der Waals surface area contributed by atoms with Gasteiger partial charge in [0.15, 0.2) is 0 Å². The number of ether oxygens (including phenoxy) is 1. The Morgan fingerprint density at radius 2 is 1.96 bits per heavy atom. The van der Waals surface area contributed by atoms with Crippen molar-refractivity contribution in [1.29, 1.82) is 0 Å². The van der Waals surface area contributed by atoms with Gasteiger partial charge >= 0.3 is 0 Å². The molecule has 2 aromatic carbocycles. The molecule has 2 N–H and O–H groups in total. The Hall–Kier alpha value is -2.04. The molecule has 0 spiro atoms. The maximum absolute atomic E-state index is 12.3. The Morgan fingerprint density at radius 3 is 2.72 bits per heavy atom. The van der Waals surface area contributed by atoms with Crippen molar-refractivity contribution in [1.82, 2.24) is 10.6 Å². The third-order valence-corrected chi connectivity index (χ3v) is 4.31. The fourth-order valence-corrected chi connectivity index (χ4v) is 3.04. The zero-order valence-corrected chi connectivity index (χ0v) is 15.3. The third kappa shape index (κ3) is 4.97. The van der Waals surface area contributed by atoms with Crippen LogP contribution in [0.5, 0.6) is 5.75 Å². The van der Waals surface area contributed by atoms with Crippen LogP contribution in [0.2, 0.25) is 0 Å². The molecule has 4 nitrogen and oxygen atoms in total. The molecule has 3 rings (SSSR count). The first-order valence-electron chi connectivity index (χ1n) is 8.52. The van der Waals surface area contributed by atoms with Crippen molar-refractivity contribution in [2.24, 2.45) is 0 Å². The minimum absolute atomic E-state index is 0. The van der Waals surface area contributed by atoms with Gasteiger partial charge in [0.05, 0.1) is 12.6 Å².